The molecule has 0 unspecified atom stereocenters. The first-order chi connectivity index (χ1) is 15.2. The van der Waals surface area contributed by atoms with Gasteiger partial charge in [-0.15, -0.1) is 0 Å². The Labute approximate surface area is 189 Å². The highest BCUT2D eigenvalue weighted by atomic mass is 16.7. The van der Waals surface area contributed by atoms with E-state index in [1.54, 1.807) is 12.1 Å². The minimum atomic E-state index is -0.598. The van der Waals surface area contributed by atoms with E-state index in [4.69, 9.17) is 19.0 Å². The molecule has 0 aliphatic carbocycles. The van der Waals surface area contributed by atoms with Gasteiger partial charge in [0.2, 0.25) is 5.88 Å². The van der Waals surface area contributed by atoms with Crippen molar-refractivity contribution in [3.8, 4) is 17.7 Å². The summed E-state index contributed by atoms with van der Waals surface area (Å²) in [5.74, 6) is 2.56. The minimum absolute atomic E-state index is 0.464. The van der Waals surface area contributed by atoms with Gasteiger partial charge in [0.25, 0.3) is 0 Å². The zero-order chi connectivity index (χ0) is 22.7. The Morgan fingerprint density at radius 3 is 2.25 bits per heavy atom. The van der Waals surface area contributed by atoms with E-state index in [0.29, 0.717) is 35.1 Å². The molecule has 3 aliphatic heterocycles. The summed E-state index contributed by atoms with van der Waals surface area (Å²) in [6, 6.07) is 10.5. The second kappa shape index (κ2) is 7.46. The topological polar surface area (TPSA) is 80.5 Å². The standard InChI is InChI=1S/C24H29BN4O3/c1-15-27-21(29-17-7-8-18(29)10-9-17)13-22(28-15)30-20-12-16(14-26)6-11-19(20)25-31-23(2,3)24(4,5)32-25/h6,11-13,17-18H,7-10H2,1-5H3. The highest BCUT2D eigenvalue weighted by molar-refractivity contribution is 6.63. The van der Waals surface area contributed by atoms with Crippen LogP contribution in [0.3, 0.4) is 0 Å². The lowest BCUT2D eigenvalue weighted by Crippen LogP contribution is -2.41. The van der Waals surface area contributed by atoms with Gasteiger partial charge in [0.05, 0.1) is 22.8 Å². The maximum absolute atomic E-state index is 9.45. The zero-order valence-corrected chi connectivity index (χ0v) is 19.4. The molecule has 4 heterocycles. The van der Waals surface area contributed by atoms with Crippen molar-refractivity contribution in [2.24, 2.45) is 0 Å². The van der Waals surface area contributed by atoms with Gasteiger partial charge in [-0.1, -0.05) is 6.07 Å². The summed E-state index contributed by atoms with van der Waals surface area (Å²) in [6.45, 7) is 9.95. The normalized spacial score (nSPS) is 25.2. The van der Waals surface area contributed by atoms with Gasteiger partial charge < -0.3 is 18.9 Å². The Balaban J connectivity index is 1.49. The third-order valence-corrected chi connectivity index (χ3v) is 7.38. The van der Waals surface area contributed by atoms with Crippen LogP contribution in [0.4, 0.5) is 5.82 Å². The van der Waals surface area contributed by atoms with E-state index in [2.05, 4.69) is 16.0 Å². The SMILES string of the molecule is Cc1nc(Oc2cc(C#N)ccc2B2OC(C)(C)C(C)(C)O2)cc(N2C3CCC2CC3)n1. The number of fused-ring (bicyclic) bond motifs is 2. The molecule has 0 saturated carbocycles. The van der Waals surface area contributed by atoms with Gasteiger partial charge in [-0.3, -0.25) is 0 Å². The van der Waals surface area contributed by atoms with Crippen molar-refractivity contribution in [2.75, 3.05) is 4.90 Å². The Morgan fingerprint density at radius 1 is 1.03 bits per heavy atom. The fraction of sp³-hybridized carbons (Fsp3) is 0.542. The molecule has 5 rings (SSSR count). The molecule has 32 heavy (non-hydrogen) atoms. The third-order valence-electron chi connectivity index (χ3n) is 7.38. The molecule has 0 radical (unpaired) electrons. The molecule has 7 nitrogen and oxygen atoms in total. The molecule has 3 saturated heterocycles. The van der Waals surface area contributed by atoms with Crippen LogP contribution in [0.5, 0.6) is 11.6 Å². The van der Waals surface area contributed by atoms with E-state index in [0.717, 1.165) is 11.3 Å². The van der Waals surface area contributed by atoms with Crippen LogP contribution in [0.15, 0.2) is 24.3 Å². The summed E-state index contributed by atoms with van der Waals surface area (Å²) in [6.07, 6.45) is 4.89. The van der Waals surface area contributed by atoms with Crippen LogP contribution in [0.25, 0.3) is 0 Å². The number of nitriles is 1. The first-order valence-electron chi connectivity index (χ1n) is 11.4. The Hall–Kier alpha value is -2.63. The van der Waals surface area contributed by atoms with Crippen LogP contribution >= 0.6 is 0 Å². The molecule has 3 fully saturated rings. The van der Waals surface area contributed by atoms with Gasteiger partial charge >= 0.3 is 7.12 Å². The number of ether oxygens (including phenoxy) is 1. The largest absolute Gasteiger partial charge is 0.498 e. The first kappa shape index (κ1) is 21.2. The van der Waals surface area contributed by atoms with Crippen LogP contribution in [-0.4, -0.2) is 40.4 Å². The summed E-state index contributed by atoms with van der Waals surface area (Å²) >= 11 is 0. The quantitative estimate of drug-likeness (QED) is 0.679. The molecule has 2 aromatic rings. The van der Waals surface area contributed by atoms with Gasteiger partial charge in [-0.2, -0.15) is 10.2 Å². The highest BCUT2D eigenvalue weighted by Gasteiger charge is 2.52. The maximum Gasteiger partial charge on any atom is 0.498 e. The molecule has 3 aliphatic rings. The lowest BCUT2D eigenvalue weighted by Gasteiger charge is -2.32. The Morgan fingerprint density at radius 2 is 1.66 bits per heavy atom. The smallest absolute Gasteiger partial charge is 0.439 e. The van der Waals surface area contributed by atoms with Crippen molar-refractivity contribution in [3.05, 3.63) is 35.7 Å². The maximum atomic E-state index is 9.45. The number of nitrogens with zero attached hydrogens (tertiary/aromatic N) is 4. The third kappa shape index (κ3) is 3.54. The second-order valence-electron chi connectivity index (χ2n) is 10.0. The van der Waals surface area contributed by atoms with Crippen molar-refractivity contribution in [2.45, 2.75) is 83.6 Å². The molecule has 0 amide bonds. The fourth-order valence-electron chi connectivity index (χ4n) is 4.97. The van der Waals surface area contributed by atoms with E-state index in [1.807, 2.05) is 46.8 Å². The Bertz CT molecular complexity index is 1060. The van der Waals surface area contributed by atoms with Crippen LogP contribution < -0.4 is 15.1 Å². The summed E-state index contributed by atoms with van der Waals surface area (Å²) in [5.41, 5.74) is 0.290. The molecule has 0 atom stereocenters. The predicted octanol–water partition coefficient (Wildman–Crippen LogP) is 3.88. The molecule has 166 valence electrons. The fourth-order valence-corrected chi connectivity index (χ4v) is 4.97. The number of hydrogen-bond acceptors (Lipinski definition) is 7. The van der Waals surface area contributed by atoms with Crippen molar-refractivity contribution < 1.29 is 14.0 Å². The van der Waals surface area contributed by atoms with Gasteiger partial charge in [0.15, 0.2) is 0 Å². The molecular formula is C24H29BN4O3. The number of anilines is 1. The van der Waals surface area contributed by atoms with E-state index >= 15 is 0 Å². The number of hydrogen-bond donors (Lipinski definition) is 0. The van der Waals surface area contributed by atoms with E-state index in [-0.39, 0.29) is 0 Å². The molecule has 2 bridgehead atoms. The molecule has 0 spiro atoms. The predicted molar refractivity (Wildman–Crippen MR) is 122 cm³/mol. The van der Waals surface area contributed by atoms with Crippen LogP contribution in [0, 0.1) is 18.3 Å². The van der Waals surface area contributed by atoms with Gasteiger partial charge in [-0.25, -0.2) is 4.98 Å². The molecule has 8 heteroatoms. The monoisotopic (exact) mass is 432 g/mol. The van der Waals surface area contributed by atoms with Crippen molar-refractivity contribution >= 4 is 18.4 Å². The average molecular weight is 432 g/mol. The average Bonchev–Trinajstić information content (AvgIpc) is 3.38. The lowest BCUT2D eigenvalue weighted by atomic mass is 9.78. The highest BCUT2D eigenvalue weighted by Crippen LogP contribution is 2.41. The number of aryl methyl sites for hydroxylation is 1. The van der Waals surface area contributed by atoms with Crippen molar-refractivity contribution in [1.29, 1.82) is 5.26 Å². The van der Waals surface area contributed by atoms with E-state index in [9.17, 15) is 5.26 Å². The molecule has 1 aromatic heterocycles. The molecular weight excluding hydrogens is 403 g/mol. The minimum Gasteiger partial charge on any atom is -0.439 e. The number of benzene rings is 1. The molecule has 1 aromatic carbocycles. The van der Waals surface area contributed by atoms with Crippen LogP contribution in [-0.2, 0) is 9.31 Å². The zero-order valence-electron chi connectivity index (χ0n) is 19.4. The van der Waals surface area contributed by atoms with Gasteiger partial charge in [0, 0.05) is 23.6 Å². The Kier molecular flexibility index (Phi) is 4.95. The van der Waals surface area contributed by atoms with E-state index < -0.39 is 18.3 Å². The number of rotatable bonds is 4. The lowest BCUT2D eigenvalue weighted by molar-refractivity contribution is 0.00578. The number of aromatic nitrogens is 2. The van der Waals surface area contributed by atoms with Gasteiger partial charge in [-0.05, 0) is 72.4 Å². The summed E-state index contributed by atoms with van der Waals surface area (Å²) in [4.78, 5) is 11.7. The van der Waals surface area contributed by atoms with Crippen LogP contribution in [0.1, 0.15) is 64.8 Å². The molecule has 0 N–H and O–H groups in total. The van der Waals surface area contributed by atoms with Gasteiger partial charge in [0.1, 0.15) is 17.4 Å². The second-order valence-corrected chi connectivity index (χ2v) is 10.0. The van der Waals surface area contributed by atoms with Crippen molar-refractivity contribution in [1.82, 2.24) is 9.97 Å². The summed E-state index contributed by atoms with van der Waals surface area (Å²) in [5, 5.41) is 9.45. The first-order valence-corrected chi connectivity index (χ1v) is 11.4. The van der Waals surface area contributed by atoms with Crippen molar-refractivity contribution in [3.63, 3.8) is 0 Å². The van der Waals surface area contributed by atoms with Crippen LogP contribution in [0.2, 0.25) is 0 Å². The summed E-state index contributed by atoms with van der Waals surface area (Å²) in [7, 11) is -0.598. The van der Waals surface area contributed by atoms with E-state index in [1.165, 1.54) is 25.7 Å². The summed E-state index contributed by atoms with van der Waals surface area (Å²) < 4.78 is 18.8.